The number of anilines is 1. The van der Waals surface area contributed by atoms with Gasteiger partial charge in [-0.15, -0.1) is 0 Å². The fraction of sp³-hybridized carbons (Fsp3) is 0.400. The molecule has 0 bridgehead atoms. The van der Waals surface area contributed by atoms with Crippen LogP contribution in [-0.4, -0.2) is 17.9 Å². The average Bonchev–Trinajstić information content (AvgIpc) is 2.66. The van der Waals surface area contributed by atoms with Crippen molar-refractivity contribution in [2.24, 2.45) is 11.7 Å². The molecule has 5 nitrogen and oxygen atoms in total. The van der Waals surface area contributed by atoms with E-state index in [1.807, 2.05) is 0 Å². The van der Waals surface area contributed by atoms with Gasteiger partial charge in [0.25, 0.3) is 0 Å². The van der Waals surface area contributed by atoms with Crippen LogP contribution < -0.4 is 15.8 Å². The second-order valence-electron chi connectivity index (χ2n) is 7.24. The molecule has 1 aromatic heterocycles. The second-order valence-corrected chi connectivity index (χ2v) is 7.64. The SMILES string of the molecule is Cc1c(-c2ccc(NC(=O)[C@@H](N)C3CCC(F)(F)CC3)cc2)c(Cl)cc[n+]1[O-]. The molecule has 1 atom stereocenters. The van der Waals surface area contributed by atoms with E-state index in [1.54, 1.807) is 31.2 Å². The van der Waals surface area contributed by atoms with E-state index in [9.17, 15) is 18.8 Å². The van der Waals surface area contributed by atoms with Gasteiger partial charge in [0.1, 0.15) is 0 Å². The van der Waals surface area contributed by atoms with E-state index in [4.69, 9.17) is 17.3 Å². The van der Waals surface area contributed by atoms with E-state index >= 15 is 0 Å². The van der Waals surface area contributed by atoms with Gasteiger partial charge < -0.3 is 16.3 Å². The van der Waals surface area contributed by atoms with Gasteiger partial charge >= 0.3 is 0 Å². The van der Waals surface area contributed by atoms with Crippen molar-refractivity contribution in [2.75, 3.05) is 5.32 Å². The highest BCUT2D eigenvalue weighted by molar-refractivity contribution is 6.33. The number of nitrogens with one attached hydrogen (secondary N) is 1. The molecule has 0 radical (unpaired) electrons. The van der Waals surface area contributed by atoms with Crippen molar-refractivity contribution in [3.05, 3.63) is 52.5 Å². The number of carbonyl (C=O) groups is 1. The smallest absolute Gasteiger partial charge is 0.248 e. The van der Waals surface area contributed by atoms with E-state index in [0.717, 1.165) is 10.3 Å². The highest BCUT2D eigenvalue weighted by Crippen LogP contribution is 2.37. The molecule has 1 heterocycles. The molecule has 0 saturated heterocycles. The van der Waals surface area contributed by atoms with Crippen molar-refractivity contribution >= 4 is 23.2 Å². The molecule has 1 aliphatic rings. The molecule has 1 aliphatic carbocycles. The summed E-state index contributed by atoms with van der Waals surface area (Å²) in [4.78, 5) is 12.4. The first-order valence-electron chi connectivity index (χ1n) is 9.11. The Morgan fingerprint density at radius 3 is 2.50 bits per heavy atom. The first-order chi connectivity index (χ1) is 13.2. The van der Waals surface area contributed by atoms with Crippen LogP contribution in [-0.2, 0) is 4.79 Å². The molecule has 28 heavy (non-hydrogen) atoms. The maximum atomic E-state index is 13.3. The van der Waals surface area contributed by atoms with Crippen LogP contribution in [0, 0.1) is 18.0 Å². The van der Waals surface area contributed by atoms with E-state index in [0.29, 0.717) is 22.0 Å². The molecule has 3 rings (SSSR count). The second kappa shape index (κ2) is 8.01. The summed E-state index contributed by atoms with van der Waals surface area (Å²) >= 11 is 6.22. The molecule has 2 aromatic rings. The average molecular weight is 410 g/mol. The maximum absolute atomic E-state index is 13.3. The summed E-state index contributed by atoms with van der Waals surface area (Å²) in [5.41, 5.74) is 8.36. The Kier molecular flexibility index (Phi) is 5.86. The predicted octanol–water partition coefficient (Wildman–Crippen LogP) is 4.04. The minimum absolute atomic E-state index is 0.232. The third-order valence-corrected chi connectivity index (χ3v) is 5.62. The van der Waals surface area contributed by atoms with Crippen LogP contribution in [0.15, 0.2) is 36.5 Å². The van der Waals surface area contributed by atoms with E-state index in [2.05, 4.69) is 5.32 Å². The van der Waals surface area contributed by atoms with Crippen LogP contribution >= 0.6 is 11.6 Å². The number of benzene rings is 1. The van der Waals surface area contributed by atoms with Crippen molar-refractivity contribution in [3.8, 4) is 11.1 Å². The maximum Gasteiger partial charge on any atom is 0.248 e. The number of rotatable bonds is 4. The van der Waals surface area contributed by atoms with Gasteiger partial charge in [-0.1, -0.05) is 23.7 Å². The molecule has 0 aliphatic heterocycles. The standard InChI is InChI=1S/C20H22ClF2N3O2/c1-12-17(16(21)8-11-26(12)28)13-2-4-15(5-3-13)25-19(27)18(24)14-6-9-20(22,23)10-7-14/h2-5,8,11,14,18H,6-7,9-10,24H2,1H3,(H,25,27)/t18-/m0/s1. The van der Waals surface area contributed by atoms with Crippen LogP contribution in [0.3, 0.4) is 0 Å². The van der Waals surface area contributed by atoms with Gasteiger partial charge in [-0.05, 0) is 36.5 Å². The Morgan fingerprint density at radius 2 is 1.89 bits per heavy atom. The van der Waals surface area contributed by atoms with Crippen LogP contribution in [0.25, 0.3) is 11.1 Å². The molecular weight excluding hydrogens is 388 g/mol. The minimum atomic E-state index is -2.65. The van der Waals surface area contributed by atoms with Gasteiger partial charge in [-0.25, -0.2) is 8.78 Å². The Bertz CT molecular complexity index is 864. The van der Waals surface area contributed by atoms with Crippen LogP contribution in [0.4, 0.5) is 14.5 Å². The van der Waals surface area contributed by atoms with Gasteiger partial charge in [-0.2, -0.15) is 4.73 Å². The molecular formula is C20H22ClF2N3O2. The summed E-state index contributed by atoms with van der Waals surface area (Å²) in [6, 6.07) is 7.56. The van der Waals surface area contributed by atoms with Crippen molar-refractivity contribution in [2.45, 2.75) is 44.6 Å². The number of nitrogens with two attached hydrogens (primary N) is 1. The monoisotopic (exact) mass is 409 g/mol. The van der Waals surface area contributed by atoms with Crippen molar-refractivity contribution in [1.29, 1.82) is 0 Å². The van der Waals surface area contributed by atoms with E-state index in [1.165, 1.54) is 12.3 Å². The molecule has 1 amide bonds. The third kappa shape index (κ3) is 4.42. The van der Waals surface area contributed by atoms with E-state index < -0.39 is 17.9 Å². The number of halogens is 3. The zero-order valence-electron chi connectivity index (χ0n) is 15.4. The zero-order chi connectivity index (χ0) is 20.5. The Morgan fingerprint density at radius 1 is 1.29 bits per heavy atom. The molecule has 3 N–H and O–H groups in total. The summed E-state index contributed by atoms with van der Waals surface area (Å²) in [6.45, 7) is 1.68. The lowest BCUT2D eigenvalue weighted by molar-refractivity contribution is -0.611. The zero-order valence-corrected chi connectivity index (χ0v) is 16.2. The number of alkyl halides is 2. The first kappa shape index (κ1) is 20.5. The topological polar surface area (TPSA) is 82.1 Å². The fourth-order valence-electron chi connectivity index (χ4n) is 3.54. The molecule has 1 saturated carbocycles. The number of carbonyl (C=O) groups excluding carboxylic acids is 1. The van der Waals surface area contributed by atoms with Gasteiger partial charge in [0.15, 0.2) is 11.9 Å². The Balaban J connectivity index is 1.68. The minimum Gasteiger partial charge on any atom is -0.618 e. The molecule has 150 valence electrons. The van der Waals surface area contributed by atoms with Gasteiger partial charge in [0.2, 0.25) is 11.8 Å². The van der Waals surface area contributed by atoms with Crippen molar-refractivity contribution in [3.63, 3.8) is 0 Å². The number of amides is 1. The van der Waals surface area contributed by atoms with E-state index in [-0.39, 0.29) is 31.6 Å². The van der Waals surface area contributed by atoms with Gasteiger partial charge in [-0.3, -0.25) is 4.79 Å². The molecule has 1 fully saturated rings. The molecule has 0 spiro atoms. The summed E-state index contributed by atoms with van der Waals surface area (Å²) < 4.78 is 27.3. The van der Waals surface area contributed by atoms with Gasteiger partial charge in [0, 0.05) is 31.5 Å². The van der Waals surface area contributed by atoms with Crippen LogP contribution in [0.5, 0.6) is 0 Å². The molecule has 1 aromatic carbocycles. The molecule has 0 unspecified atom stereocenters. The third-order valence-electron chi connectivity index (χ3n) is 5.30. The summed E-state index contributed by atoms with van der Waals surface area (Å²) in [5.74, 6) is -3.30. The summed E-state index contributed by atoms with van der Waals surface area (Å²) in [5, 5.41) is 15.0. The lowest BCUT2D eigenvalue weighted by Gasteiger charge is -2.31. The summed E-state index contributed by atoms with van der Waals surface area (Å²) in [6.07, 6.45) is 1.36. The Hall–Kier alpha value is -2.25. The van der Waals surface area contributed by atoms with Crippen LogP contribution in [0.2, 0.25) is 5.02 Å². The normalized spacial score (nSPS) is 17.9. The predicted molar refractivity (Wildman–Crippen MR) is 104 cm³/mol. The fourth-order valence-corrected chi connectivity index (χ4v) is 3.84. The summed E-state index contributed by atoms with van der Waals surface area (Å²) in [7, 11) is 0. The van der Waals surface area contributed by atoms with Crippen molar-refractivity contribution in [1.82, 2.24) is 0 Å². The highest BCUT2D eigenvalue weighted by atomic mass is 35.5. The van der Waals surface area contributed by atoms with Gasteiger partial charge in [0.05, 0.1) is 16.6 Å². The largest absolute Gasteiger partial charge is 0.618 e. The quantitative estimate of drug-likeness (QED) is 0.590. The number of hydrogen-bond donors (Lipinski definition) is 2. The molecule has 8 heteroatoms. The lowest BCUT2D eigenvalue weighted by Crippen LogP contribution is -2.44. The highest BCUT2D eigenvalue weighted by Gasteiger charge is 2.38. The van der Waals surface area contributed by atoms with Crippen LogP contribution in [0.1, 0.15) is 31.4 Å². The lowest BCUT2D eigenvalue weighted by atomic mass is 9.82. The Labute approximate surface area is 167 Å². The number of pyridine rings is 1. The number of nitrogens with zero attached hydrogens (tertiary/aromatic N) is 1. The number of aromatic nitrogens is 1. The number of hydrogen-bond acceptors (Lipinski definition) is 3. The van der Waals surface area contributed by atoms with Crippen molar-refractivity contribution < 1.29 is 18.3 Å². The first-order valence-corrected chi connectivity index (χ1v) is 9.49.